The Balaban J connectivity index is 0.529. The highest BCUT2D eigenvalue weighted by Gasteiger charge is 2.48. The normalized spacial score (nSPS) is 18.0. The maximum atomic E-state index is 13.9. The first-order chi connectivity index (χ1) is 44.1. The third-order valence-electron chi connectivity index (χ3n) is 18.6. The van der Waals surface area contributed by atoms with Crippen molar-refractivity contribution in [2.24, 2.45) is 11.8 Å². The van der Waals surface area contributed by atoms with Gasteiger partial charge in [0.15, 0.2) is 19.2 Å². The molecule has 8 heterocycles. The van der Waals surface area contributed by atoms with Gasteiger partial charge in [-0.15, -0.1) is 22.7 Å². The van der Waals surface area contributed by atoms with E-state index in [4.69, 9.17) is 18.9 Å². The number of ether oxygens (including phenoxy) is 4. The first-order valence-corrected chi connectivity index (χ1v) is 34.1. The fraction of sp³-hybridized carbons (Fsp3) is 0.457. The van der Waals surface area contributed by atoms with E-state index < -0.39 is 18.0 Å². The van der Waals surface area contributed by atoms with Crippen molar-refractivity contribution >= 4 is 99.7 Å². The van der Waals surface area contributed by atoms with Crippen LogP contribution in [0.2, 0.25) is 0 Å². The van der Waals surface area contributed by atoms with Gasteiger partial charge in [-0.1, -0.05) is 12.1 Å². The predicted molar refractivity (Wildman–Crippen MR) is 356 cm³/mol. The van der Waals surface area contributed by atoms with Crippen molar-refractivity contribution in [3.05, 3.63) is 141 Å². The van der Waals surface area contributed by atoms with Gasteiger partial charge in [0.05, 0.1) is 30.3 Å². The topological polar surface area (TPSA) is 177 Å². The van der Waals surface area contributed by atoms with Crippen LogP contribution in [-0.2, 0) is 42.1 Å². The first-order valence-electron chi connectivity index (χ1n) is 32.3. The summed E-state index contributed by atoms with van der Waals surface area (Å²) in [7, 11) is 0. The summed E-state index contributed by atoms with van der Waals surface area (Å²) >= 11 is 3.57. The zero-order chi connectivity index (χ0) is 61.8. The molecule has 474 valence electrons. The summed E-state index contributed by atoms with van der Waals surface area (Å²) in [6, 6.07) is 34.7. The van der Waals surface area contributed by atoms with Crippen molar-refractivity contribution in [1.82, 2.24) is 29.2 Å². The number of esters is 2. The van der Waals surface area contributed by atoms with Crippen LogP contribution in [0.3, 0.4) is 0 Å². The van der Waals surface area contributed by atoms with Gasteiger partial charge in [0.1, 0.15) is 11.5 Å². The van der Waals surface area contributed by atoms with Crippen molar-refractivity contribution in [3.63, 3.8) is 0 Å². The highest BCUT2D eigenvalue weighted by Crippen LogP contribution is 2.36. The molecule has 4 fully saturated rings. The summed E-state index contributed by atoms with van der Waals surface area (Å²) < 4.78 is 29.1. The van der Waals surface area contributed by atoms with Gasteiger partial charge in [0.2, 0.25) is 5.91 Å². The lowest BCUT2D eigenvalue weighted by Crippen LogP contribution is -2.46. The van der Waals surface area contributed by atoms with Crippen LogP contribution in [0.15, 0.2) is 130 Å². The van der Waals surface area contributed by atoms with Crippen molar-refractivity contribution in [2.75, 3.05) is 108 Å². The number of carbonyl (C=O) groups excluding carboxylic acids is 4. The molecule has 18 nitrogen and oxygen atoms in total. The molecular formula is C70H82N8O10S2. The van der Waals surface area contributed by atoms with E-state index in [0.717, 1.165) is 108 Å². The summed E-state index contributed by atoms with van der Waals surface area (Å²) in [6.45, 7) is 12.7. The molecule has 1 N–H and O–H groups in total. The smallest absolute Gasteiger partial charge is 0.307 e. The van der Waals surface area contributed by atoms with E-state index in [0.29, 0.717) is 74.5 Å². The van der Waals surface area contributed by atoms with Gasteiger partial charge in [0.25, 0.3) is 11.1 Å². The van der Waals surface area contributed by atoms with Crippen molar-refractivity contribution < 1.29 is 38.1 Å². The minimum absolute atomic E-state index is 0.0170. The molecule has 3 unspecified atom stereocenters. The molecule has 0 radical (unpaired) electrons. The SMILES string of the molecule is O=C(CCCCC(=O)C1C2CNCC2CN1C(=O)CCCCC(=O)OCn1c(=O)ccc2ccc(OCCCCN3CCN(c4cccc5sccc45)CC3)cc21)OCn1c(=O)ccc2ccc(OCCCCN3CCN(c4cccc5sccc45)CC3)cc21. The molecule has 0 bridgehead atoms. The van der Waals surface area contributed by atoms with Crippen molar-refractivity contribution in [2.45, 2.75) is 96.6 Å². The number of carbonyl (C=O) groups is 4. The number of nitrogens with zero attached hydrogens (tertiary/aromatic N) is 7. The molecule has 20 heteroatoms. The molecule has 8 aromatic rings. The maximum absolute atomic E-state index is 13.9. The number of rotatable bonds is 29. The first kappa shape index (κ1) is 62.6. The second-order valence-electron chi connectivity index (χ2n) is 24.4. The standard InChI is InChI=1S/C70H82N8O10S2/c79-62(13-1-3-17-68(83)87-48-77-60-43-53(23-19-50(60)21-25-66(77)81)85-39-7-5-29-72-31-35-74(36-32-72)58-11-9-14-63-55(58)27-41-89-63)70-57-46-71-45-52(57)47-76(70)65(80)16-2-4-18-69(84)88-49-78-61-44-54(24-20-51(61)22-26-67(78)82)86-40-8-6-30-73-33-37-75(38-34-73)59-12-10-15-64-56(59)28-42-90-64/h9-12,14-15,19-28,41-44,52,57,70-71H,1-8,13,16-18,29-40,45-49H2. The van der Waals surface area contributed by atoms with E-state index in [1.807, 2.05) is 36.4 Å². The molecule has 1 amide bonds. The van der Waals surface area contributed by atoms with Crippen LogP contribution in [0, 0.1) is 11.8 Å². The van der Waals surface area contributed by atoms with Crippen LogP contribution in [-0.4, -0.2) is 152 Å². The number of nitrogens with one attached hydrogen (secondary N) is 1. The Morgan fingerprint density at radius 3 is 1.52 bits per heavy atom. The number of ketones is 1. The van der Waals surface area contributed by atoms with Crippen LogP contribution in [0.1, 0.15) is 77.0 Å². The quantitative estimate of drug-likeness (QED) is 0.0346. The monoisotopic (exact) mass is 1260 g/mol. The lowest BCUT2D eigenvalue weighted by atomic mass is 9.90. The largest absolute Gasteiger partial charge is 0.494 e. The number of benzene rings is 4. The minimum atomic E-state index is -0.549. The van der Waals surface area contributed by atoms with Crippen molar-refractivity contribution in [3.8, 4) is 11.5 Å². The van der Waals surface area contributed by atoms with E-state index in [1.165, 1.54) is 52.8 Å². The molecule has 0 spiro atoms. The molecule has 90 heavy (non-hydrogen) atoms. The lowest BCUT2D eigenvalue weighted by Gasteiger charge is -2.36. The molecular weight excluding hydrogens is 1180 g/mol. The Kier molecular flexibility index (Phi) is 20.9. The lowest BCUT2D eigenvalue weighted by molar-refractivity contribution is -0.148. The molecule has 4 aliphatic rings. The molecule has 4 saturated heterocycles. The Labute approximate surface area is 532 Å². The summed E-state index contributed by atoms with van der Waals surface area (Å²) in [5, 5.41) is 12.0. The highest BCUT2D eigenvalue weighted by atomic mass is 32.1. The van der Waals surface area contributed by atoms with Gasteiger partial charge in [-0.25, -0.2) is 0 Å². The Bertz CT molecular complexity index is 3920. The second-order valence-corrected chi connectivity index (χ2v) is 26.3. The molecule has 0 aliphatic carbocycles. The highest BCUT2D eigenvalue weighted by molar-refractivity contribution is 7.17. The van der Waals surface area contributed by atoms with Gasteiger partial charge < -0.3 is 39.0 Å². The average Bonchev–Trinajstić information content (AvgIpc) is 2.85. The summed E-state index contributed by atoms with van der Waals surface area (Å²) in [5.41, 5.74) is 3.29. The van der Waals surface area contributed by atoms with E-state index in [-0.39, 0.29) is 73.8 Å². The number of thiophene rings is 2. The van der Waals surface area contributed by atoms with Crippen LogP contribution < -0.4 is 35.7 Å². The van der Waals surface area contributed by atoms with Crippen LogP contribution in [0.4, 0.5) is 11.4 Å². The van der Waals surface area contributed by atoms with Crippen molar-refractivity contribution in [1.29, 1.82) is 0 Å². The summed E-state index contributed by atoms with van der Waals surface area (Å²) in [5.74, 6) is 0.413. The number of anilines is 2. The number of aromatic nitrogens is 2. The molecule has 4 aliphatic heterocycles. The Morgan fingerprint density at radius 1 is 0.511 bits per heavy atom. The van der Waals surface area contributed by atoms with E-state index in [1.54, 1.807) is 39.7 Å². The molecule has 0 saturated carbocycles. The number of fused-ring (bicyclic) bond motifs is 5. The van der Waals surface area contributed by atoms with E-state index >= 15 is 0 Å². The van der Waals surface area contributed by atoms with E-state index in [9.17, 15) is 28.8 Å². The van der Waals surface area contributed by atoms with Gasteiger partial charge in [-0.2, -0.15) is 0 Å². The fourth-order valence-electron chi connectivity index (χ4n) is 13.6. The fourth-order valence-corrected chi connectivity index (χ4v) is 15.2. The van der Waals surface area contributed by atoms with Crippen LogP contribution in [0.5, 0.6) is 11.5 Å². The number of pyridine rings is 2. The number of amides is 1. The third-order valence-corrected chi connectivity index (χ3v) is 20.3. The van der Waals surface area contributed by atoms with E-state index in [2.05, 4.69) is 84.2 Å². The van der Waals surface area contributed by atoms with Gasteiger partial charge in [-0.3, -0.25) is 47.7 Å². The minimum Gasteiger partial charge on any atom is -0.494 e. The maximum Gasteiger partial charge on any atom is 0.307 e. The molecule has 4 aromatic carbocycles. The number of unbranched alkanes of at least 4 members (excludes halogenated alkanes) is 4. The zero-order valence-corrected chi connectivity index (χ0v) is 52.9. The van der Waals surface area contributed by atoms with Crippen LogP contribution in [0.25, 0.3) is 42.0 Å². The number of piperazine rings is 2. The Morgan fingerprint density at radius 2 is 1.00 bits per heavy atom. The van der Waals surface area contributed by atoms with Gasteiger partial charge in [0, 0.05) is 159 Å². The molecule has 4 aromatic heterocycles. The van der Waals surface area contributed by atoms with Crippen LogP contribution >= 0.6 is 22.7 Å². The second kappa shape index (κ2) is 30.0. The molecule has 12 rings (SSSR count). The summed E-state index contributed by atoms with van der Waals surface area (Å²) in [6.07, 6.45) is 6.09. The van der Waals surface area contributed by atoms with Gasteiger partial charge >= 0.3 is 11.9 Å². The number of likely N-dealkylation sites (tertiary alicyclic amines) is 1. The zero-order valence-electron chi connectivity index (χ0n) is 51.3. The predicted octanol–water partition coefficient (Wildman–Crippen LogP) is 10.1. The average molecular weight is 1260 g/mol. The Hall–Kier alpha value is -7.62. The van der Waals surface area contributed by atoms with Gasteiger partial charge in [-0.05, 0) is 165 Å². The third kappa shape index (κ3) is 15.2. The number of Topliss-reactive ketones (excluding diaryl/α,β-unsaturated/α-hetero) is 1. The molecule has 3 atom stereocenters. The number of hydrogen-bond donors (Lipinski definition) is 1. The number of hydrogen-bond acceptors (Lipinski definition) is 17. The summed E-state index contributed by atoms with van der Waals surface area (Å²) in [4.78, 5) is 91.8.